The molecule has 0 aromatic carbocycles. The van der Waals surface area contributed by atoms with E-state index in [0.29, 0.717) is 0 Å². The standard InChI is InChI=1S/C20H32/c1-14(2)7-6-8-16(4)19-12-10-17(5)18-11-9-15(3)13-20(18)19/h7,10,13,16,18-20H,6,8-9,11-12H2,1-5H3. The molecule has 2 aliphatic carbocycles. The Kier molecular flexibility index (Phi) is 5.29. The Labute approximate surface area is 126 Å². The van der Waals surface area contributed by atoms with Gasteiger partial charge in [-0.05, 0) is 83.5 Å². The molecule has 0 heteroatoms. The summed E-state index contributed by atoms with van der Waals surface area (Å²) in [6, 6.07) is 0. The van der Waals surface area contributed by atoms with E-state index in [0.717, 1.165) is 23.7 Å². The van der Waals surface area contributed by atoms with Gasteiger partial charge in [0.25, 0.3) is 0 Å². The average Bonchev–Trinajstić information content (AvgIpc) is 2.38. The van der Waals surface area contributed by atoms with Gasteiger partial charge in [0.1, 0.15) is 0 Å². The Morgan fingerprint density at radius 3 is 2.80 bits per heavy atom. The number of fused-ring (bicyclic) bond motifs is 1. The first kappa shape index (κ1) is 15.6. The topological polar surface area (TPSA) is 0 Å². The van der Waals surface area contributed by atoms with E-state index in [4.69, 9.17) is 0 Å². The molecule has 0 saturated carbocycles. The predicted molar refractivity (Wildman–Crippen MR) is 89.7 cm³/mol. The SMILES string of the molecule is CC(C)=CCCC(C)C1CC=C(C)C2CCC(C)=CC21. The Hall–Kier alpha value is -0.780. The summed E-state index contributed by atoms with van der Waals surface area (Å²) in [6.45, 7) is 11.6. The summed E-state index contributed by atoms with van der Waals surface area (Å²) in [5, 5.41) is 0. The molecule has 0 nitrogen and oxygen atoms in total. The Bertz CT molecular complexity index is 417. The van der Waals surface area contributed by atoms with E-state index in [1.54, 1.807) is 11.1 Å². The van der Waals surface area contributed by atoms with Crippen molar-refractivity contribution in [2.45, 2.75) is 66.7 Å². The second-order valence-corrected chi connectivity index (χ2v) is 7.42. The Morgan fingerprint density at radius 2 is 2.10 bits per heavy atom. The van der Waals surface area contributed by atoms with Crippen molar-refractivity contribution in [2.24, 2.45) is 23.7 Å². The molecular formula is C20H32. The van der Waals surface area contributed by atoms with Crippen LogP contribution in [-0.4, -0.2) is 0 Å². The first-order valence-corrected chi connectivity index (χ1v) is 8.46. The Balaban J connectivity index is 2.06. The van der Waals surface area contributed by atoms with Crippen molar-refractivity contribution < 1.29 is 0 Å². The van der Waals surface area contributed by atoms with Crippen molar-refractivity contribution in [3.63, 3.8) is 0 Å². The van der Waals surface area contributed by atoms with Gasteiger partial charge >= 0.3 is 0 Å². The molecule has 0 amide bonds. The fraction of sp³-hybridized carbons (Fsp3) is 0.700. The molecule has 0 saturated heterocycles. The molecule has 20 heavy (non-hydrogen) atoms. The van der Waals surface area contributed by atoms with Gasteiger partial charge in [0, 0.05) is 0 Å². The molecule has 2 rings (SSSR count). The van der Waals surface area contributed by atoms with Crippen LogP contribution in [0.5, 0.6) is 0 Å². The van der Waals surface area contributed by atoms with Crippen molar-refractivity contribution in [3.8, 4) is 0 Å². The van der Waals surface area contributed by atoms with Crippen molar-refractivity contribution >= 4 is 0 Å². The molecule has 0 N–H and O–H groups in total. The van der Waals surface area contributed by atoms with Crippen molar-refractivity contribution in [1.29, 1.82) is 0 Å². The van der Waals surface area contributed by atoms with Gasteiger partial charge in [-0.15, -0.1) is 0 Å². The highest BCUT2D eigenvalue weighted by Gasteiger charge is 2.36. The molecule has 0 aromatic heterocycles. The van der Waals surface area contributed by atoms with Gasteiger partial charge in [-0.1, -0.05) is 41.9 Å². The summed E-state index contributed by atoms with van der Waals surface area (Å²) < 4.78 is 0. The molecule has 0 fully saturated rings. The van der Waals surface area contributed by atoms with Gasteiger partial charge in [0.15, 0.2) is 0 Å². The molecule has 4 unspecified atom stereocenters. The minimum Gasteiger partial charge on any atom is -0.0859 e. The largest absolute Gasteiger partial charge is 0.0859 e. The highest BCUT2D eigenvalue weighted by atomic mass is 14.4. The molecule has 0 radical (unpaired) electrons. The van der Waals surface area contributed by atoms with Crippen LogP contribution in [0, 0.1) is 23.7 Å². The maximum Gasteiger partial charge on any atom is -0.0131 e. The van der Waals surface area contributed by atoms with Crippen LogP contribution < -0.4 is 0 Å². The van der Waals surface area contributed by atoms with Gasteiger partial charge < -0.3 is 0 Å². The zero-order chi connectivity index (χ0) is 14.7. The van der Waals surface area contributed by atoms with E-state index in [2.05, 4.69) is 52.8 Å². The monoisotopic (exact) mass is 272 g/mol. The predicted octanol–water partition coefficient (Wildman–Crippen LogP) is 6.31. The number of hydrogen-bond donors (Lipinski definition) is 0. The normalized spacial score (nSPS) is 30.9. The van der Waals surface area contributed by atoms with Gasteiger partial charge in [0.2, 0.25) is 0 Å². The first-order valence-electron chi connectivity index (χ1n) is 8.46. The van der Waals surface area contributed by atoms with Crippen molar-refractivity contribution in [2.75, 3.05) is 0 Å². The zero-order valence-electron chi connectivity index (χ0n) is 14.1. The lowest BCUT2D eigenvalue weighted by Crippen LogP contribution is -2.32. The lowest BCUT2D eigenvalue weighted by Gasteiger charge is -2.42. The molecule has 0 bridgehead atoms. The van der Waals surface area contributed by atoms with Gasteiger partial charge in [-0.25, -0.2) is 0 Å². The number of rotatable bonds is 4. The third kappa shape index (κ3) is 3.65. The van der Waals surface area contributed by atoms with Gasteiger partial charge in [-0.2, -0.15) is 0 Å². The van der Waals surface area contributed by atoms with E-state index in [1.807, 2.05) is 0 Å². The van der Waals surface area contributed by atoms with Crippen LogP contribution in [-0.2, 0) is 0 Å². The maximum atomic E-state index is 2.62. The molecule has 0 heterocycles. The Morgan fingerprint density at radius 1 is 1.35 bits per heavy atom. The van der Waals surface area contributed by atoms with E-state index in [1.165, 1.54) is 37.7 Å². The molecule has 112 valence electrons. The third-order valence-electron chi connectivity index (χ3n) is 5.49. The molecule has 2 aliphatic rings. The van der Waals surface area contributed by atoms with Crippen LogP contribution in [0.4, 0.5) is 0 Å². The lowest BCUT2D eigenvalue weighted by atomic mass is 9.63. The van der Waals surface area contributed by atoms with Crippen LogP contribution in [0.3, 0.4) is 0 Å². The maximum absolute atomic E-state index is 2.62. The minimum atomic E-state index is 0.815. The zero-order valence-corrected chi connectivity index (χ0v) is 14.1. The van der Waals surface area contributed by atoms with Crippen LogP contribution in [0.2, 0.25) is 0 Å². The van der Waals surface area contributed by atoms with Crippen LogP contribution >= 0.6 is 0 Å². The van der Waals surface area contributed by atoms with Crippen LogP contribution in [0.25, 0.3) is 0 Å². The summed E-state index contributed by atoms with van der Waals surface area (Å²) in [4.78, 5) is 0. The quantitative estimate of drug-likeness (QED) is 0.526. The summed E-state index contributed by atoms with van der Waals surface area (Å²) in [6.07, 6.45) is 14.1. The molecule has 0 spiro atoms. The highest BCUT2D eigenvalue weighted by molar-refractivity contribution is 5.21. The first-order chi connectivity index (χ1) is 9.49. The average molecular weight is 272 g/mol. The molecule has 0 aromatic rings. The smallest absolute Gasteiger partial charge is 0.0131 e. The van der Waals surface area contributed by atoms with E-state index in [9.17, 15) is 0 Å². The van der Waals surface area contributed by atoms with Crippen molar-refractivity contribution in [1.82, 2.24) is 0 Å². The second kappa shape index (κ2) is 6.78. The number of hydrogen-bond acceptors (Lipinski definition) is 0. The summed E-state index contributed by atoms with van der Waals surface area (Å²) in [5.74, 6) is 3.35. The van der Waals surface area contributed by atoms with Crippen LogP contribution in [0.15, 0.2) is 34.9 Å². The lowest BCUT2D eigenvalue weighted by molar-refractivity contribution is 0.193. The highest BCUT2D eigenvalue weighted by Crippen LogP contribution is 2.46. The van der Waals surface area contributed by atoms with Gasteiger partial charge in [0.05, 0.1) is 0 Å². The summed E-state index contributed by atoms with van der Waals surface area (Å²) >= 11 is 0. The molecule has 4 atom stereocenters. The third-order valence-corrected chi connectivity index (χ3v) is 5.49. The van der Waals surface area contributed by atoms with E-state index >= 15 is 0 Å². The van der Waals surface area contributed by atoms with Gasteiger partial charge in [-0.3, -0.25) is 0 Å². The number of allylic oxidation sites excluding steroid dienone is 6. The van der Waals surface area contributed by atoms with Crippen LogP contribution in [0.1, 0.15) is 66.7 Å². The summed E-state index contributed by atoms with van der Waals surface area (Å²) in [5.41, 5.74) is 4.75. The van der Waals surface area contributed by atoms with E-state index < -0.39 is 0 Å². The van der Waals surface area contributed by atoms with Crippen molar-refractivity contribution in [3.05, 3.63) is 34.9 Å². The fourth-order valence-corrected chi connectivity index (χ4v) is 4.15. The fourth-order valence-electron chi connectivity index (χ4n) is 4.15. The molecular weight excluding hydrogens is 240 g/mol. The summed E-state index contributed by atoms with van der Waals surface area (Å²) in [7, 11) is 0. The minimum absolute atomic E-state index is 0.815. The van der Waals surface area contributed by atoms with E-state index in [-0.39, 0.29) is 0 Å². The second-order valence-electron chi connectivity index (χ2n) is 7.42. The molecule has 0 aliphatic heterocycles.